The number of rotatable bonds is 6. The second-order valence-corrected chi connectivity index (χ2v) is 7.69. The maximum absolute atomic E-state index is 12.7. The van der Waals surface area contributed by atoms with Crippen LogP contribution in [0.4, 0.5) is 11.4 Å². The number of anilines is 2. The van der Waals surface area contributed by atoms with Crippen LogP contribution in [-0.2, 0) is 0 Å². The summed E-state index contributed by atoms with van der Waals surface area (Å²) in [5.74, 6) is 0.227. The topological polar surface area (TPSA) is 55.8 Å². The van der Waals surface area contributed by atoms with E-state index >= 15 is 0 Å². The highest BCUT2D eigenvalue weighted by atomic mass is 35.5. The molecule has 2 N–H and O–H groups in total. The van der Waals surface area contributed by atoms with E-state index in [1.165, 1.54) is 0 Å². The van der Waals surface area contributed by atoms with E-state index < -0.39 is 6.10 Å². The van der Waals surface area contributed by atoms with Crippen molar-refractivity contribution in [3.63, 3.8) is 0 Å². The van der Waals surface area contributed by atoms with Crippen LogP contribution in [0, 0.1) is 6.92 Å². The van der Waals surface area contributed by atoms with Crippen LogP contribution >= 0.6 is 23.2 Å². The van der Waals surface area contributed by atoms with Gasteiger partial charge in [0.05, 0.1) is 28.4 Å². The molecule has 1 aliphatic heterocycles. The number of aliphatic hydroxyl groups is 1. The first kappa shape index (κ1) is 20.8. The highest BCUT2D eigenvalue weighted by molar-refractivity contribution is 6.34. The molecule has 28 heavy (non-hydrogen) atoms. The fourth-order valence-electron chi connectivity index (χ4n) is 3.27. The van der Waals surface area contributed by atoms with Crippen LogP contribution in [0.5, 0.6) is 0 Å². The van der Waals surface area contributed by atoms with Gasteiger partial charge in [0.2, 0.25) is 0 Å². The van der Waals surface area contributed by atoms with Crippen molar-refractivity contribution < 1.29 is 9.90 Å². The Morgan fingerprint density at radius 2 is 1.82 bits per heavy atom. The molecule has 1 saturated heterocycles. The number of halogens is 2. The molecule has 1 unspecified atom stereocenters. The maximum Gasteiger partial charge on any atom is 0.253 e. The monoisotopic (exact) mass is 421 g/mol. The number of carbonyl (C=O) groups excluding carboxylic acids is 1. The Hall–Kier alpha value is -1.95. The summed E-state index contributed by atoms with van der Waals surface area (Å²) < 4.78 is 0. The Balaban J connectivity index is 1.67. The van der Waals surface area contributed by atoms with Gasteiger partial charge in [-0.15, -0.1) is 11.6 Å². The summed E-state index contributed by atoms with van der Waals surface area (Å²) in [6.07, 6.45) is -0.627. The van der Waals surface area contributed by atoms with Crippen molar-refractivity contribution in [2.75, 3.05) is 48.8 Å². The largest absolute Gasteiger partial charge is 0.390 e. The second kappa shape index (κ2) is 9.50. The van der Waals surface area contributed by atoms with Gasteiger partial charge >= 0.3 is 0 Å². The average Bonchev–Trinajstić information content (AvgIpc) is 2.72. The molecule has 1 aliphatic rings. The van der Waals surface area contributed by atoms with Crippen LogP contribution in [-0.4, -0.2) is 60.6 Å². The number of aliphatic hydroxyl groups excluding tert-OH is 1. The summed E-state index contributed by atoms with van der Waals surface area (Å²) in [4.78, 5) is 16.8. The van der Waals surface area contributed by atoms with E-state index in [4.69, 9.17) is 23.2 Å². The lowest BCUT2D eigenvalue weighted by atomic mass is 10.1. The van der Waals surface area contributed by atoms with Gasteiger partial charge < -0.3 is 20.2 Å². The maximum atomic E-state index is 12.7. The number of nitrogens with one attached hydrogen (secondary N) is 1. The Kier molecular flexibility index (Phi) is 7.05. The van der Waals surface area contributed by atoms with Gasteiger partial charge in [0.1, 0.15) is 0 Å². The summed E-state index contributed by atoms with van der Waals surface area (Å²) in [5, 5.41) is 13.6. The molecule has 7 heteroatoms. The van der Waals surface area contributed by atoms with Gasteiger partial charge in [-0.05, 0) is 31.2 Å². The SMILES string of the molecule is Cc1ccc(C(=O)N2CCN(c3c(Cl)cccc3NCC(O)CCl)CC2)cc1. The lowest BCUT2D eigenvalue weighted by molar-refractivity contribution is 0.0747. The number of aryl methyl sites for hydroxylation is 1. The normalized spacial score (nSPS) is 15.4. The molecule has 0 saturated carbocycles. The zero-order valence-corrected chi connectivity index (χ0v) is 17.4. The van der Waals surface area contributed by atoms with Crippen LogP contribution in [0.1, 0.15) is 15.9 Å². The van der Waals surface area contributed by atoms with Gasteiger partial charge in [0.25, 0.3) is 5.91 Å². The molecule has 0 bridgehead atoms. The molecular weight excluding hydrogens is 397 g/mol. The highest BCUT2D eigenvalue weighted by Crippen LogP contribution is 2.34. The van der Waals surface area contributed by atoms with Crippen molar-refractivity contribution in [3.8, 4) is 0 Å². The summed E-state index contributed by atoms with van der Waals surface area (Å²) in [6, 6.07) is 13.3. The third-order valence-corrected chi connectivity index (χ3v) is 5.54. The van der Waals surface area contributed by atoms with E-state index in [0.29, 0.717) is 43.3 Å². The molecule has 0 spiro atoms. The number of para-hydroxylation sites is 1. The number of carbonyl (C=O) groups is 1. The quantitative estimate of drug-likeness (QED) is 0.699. The third-order valence-electron chi connectivity index (χ3n) is 4.87. The van der Waals surface area contributed by atoms with E-state index in [0.717, 1.165) is 16.9 Å². The van der Waals surface area contributed by atoms with Crippen molar-refractivity contribution in [1.82, 2.24) is 4.90 Å². The first-order valence-electron chi connectivity index (χ1n) is 9.37. The van der Waals surface area contributed by atoms with Crippen LogP contribution in [0.15, 0.2) is 42.5 Å². The van der Waals surface area contributed by atoms with Crippen molar-refractivity contribution in [1.29, 1.82) is 0 Å². The van der Waals surface area contributed by atoms with Crippen LogP contribution in [0.25, 0.3) is 0 Å². The lowest BCUT2D eigenvalue weighted by Gasteiger charge is -2.37. The van der Waals surface area contributed by atoms with E-state index in [2.05, 4.69) is 10.2 Å². The van der Waals surface area contributed by atoms with E-state index in [-0.39, 0.29) is 11.8 Å². The molecule has 0 aromatic heterocycles. The van der Waals surface area contributed by atoms with Crippen molar-refractivity contribution in [2.24, 2.45) is 0 Å². The van der Waals surface area contributed by atoms with E-state index in [1.54, 1.807) is 0 Å². The number of alkyl halides is 1. The van der Waals surface area contributed by atoms with Crippen LogP contribution in [0.3, 0.4) is 0 Å². The number of nitrogens with zero attached hydrogens (tertiary/aromatic N) is 2. The Bertz CT molecular complexity index is 806. The number of benzene rings is 2. The van der Waals surface area contributed by atoms with Gasteiger partial charge in [-0.3, -0.25) is 4.79 Å². The van der Waals surface area contributed by atoms with E-state index in [9.17, 15) is 9.90 Å². The first-order chi connectivity index (χ1) is 13.5. The zero-order chi connectivity index (χ0) is 20.1. The lowest BCUT2D eigenvalue weighted by Crippen LogP contribution is -2.49. The Morgan fingerprint density at radius 3 is 2.46 bits per heavy atom. The van der Waals surface area contributed by atoms with Crippen LogP contribution in [0.2, 0.25) is 5.02 Å². The van der Waals surface area contributed by atoms with Crippen molar-refractivity contribution >= 4 is 40.5 Å². The third kappa shape index (κ3) is 4.90. The second-order valence-electron chi connectivity index (χ2n) is 6.97. The molecule has 2 aromatic rings. The molecule has 0 aliphatic carbocycles. The highest BCUT2D eigenvalue weighted by Gasteiger charge is 2.25. The fraction of sp³-hybridized carbons (Fsp3) is 0.381. The molecule has 0 radical (unpaired) electrons. The van der Waals surface area contributed by atoms with Crippen molar-refractivity contribution in [3.05, 3.63) is 58.6 Å². The molecule has 2 aromatic carbocycles. The average molecular weight is 422 g/mol. The molecule has 1 amide bonds. The molecule has 150 valence electrons. The molecular formula is C21H25Cl2N3O2. The van der Waals surface area contributed by atoms with Gasteiger partial charge in [0, 0.05) is 38.3 Å². The first-order valence-corrected chi connectivity index (χ1v) is 10.3. The Morgan fingerprint density at radius 1 is 1.14 bits per heavy atom. The smallest absolute Gasteiger partial charge is 0.253 e. The molecule has 1 atom stereocenters. The molecule has 3 rings (SSSR count). The standard InChI is InChI=1S/C21H25Cl2N3O2/c1-15-5-7-16(8-6-15)21(28)26-11-9-25(10-12-26)20-18(23)3-2-4-19(20)24-14-17(27)13-22/h2-8,17,24,27H,9-14H2,1H3. The summed E-state index contributed by atoms with van der Waals surface area (Å²) in [5.41, 5.74) is 3.61. The van der Waals surface area contributed by atoms with Gasteiger partial charge in [0.15, 0.2) is 0 Å². The van der Waals surface area contributed by atoms with E-state index in [1.807, 2.05) is 54.3 Å². The zero-order valence-electron chi connectivity index (χ0n) is 15.9. The number of hydrogen-bond donors (Lipinski definition) is 2. The Labute approximate surface area is 175 Å². The van der Waals surface area contributed by atoms with Gasteiger partial charge in [-0.2, -0.15) is 0 Å². The van der Waals surface area contributed by atoms with Crippen molar-refractivity contribution in [2.45, 2.75) is 13.0 Å². The minimum atomic E-state index is -0.627. The predicted molar refractivity (Wildman–Crippen MR) is 116 cm³/mol. The minimum absolute atomic E-state index is 0.0578. The molecule has 5 nitrogen and oxygen atoms in total. The summed E-state index contributed by atoms with van der Waals surface area (Å²) >= 11 is 12.1. The molecule has 1 heterocycles. The summed E-state index contributed by atoms with van der Waals surface area (Å²) in [6.45, 7) is 4.99. The van der Waals surface area contributed by atoms with Gasteiger partial charge in [-0.25, -0.2) is 0 Å². The number of piperazine rings is 1. The van der Waals surface area contributed by atoms with Gasteiger partial charge in [-0.1, -0.05) is 35.4 Å². The predicted octanol–water partition coefficient (Wildman–Crippen LogP) is 3.62. The minimum Gasteiger partial charge on any atom is -0.390 e. The summed E-state index contributed by atoms with van der Waals surface area (Å²) in [7, 11) is 0. The number of hydrogen-bond acceptors (Lipinski definition) is 4. The van der Waals surface area contributed by atoms with Crippen LogP contribution < -0.4 is 10.2 Å². The number of amides is 1. The fourth-order valence-corrected chi connectivity index (χ4v) is 3.68. The molecule has 1 fully saturated rings.